The predicted molar refractivity (Wildman–Crippen MR) is 73.3 cm³/mol. The molecule has 0 aliphatic heterocycles. The number of nitrogens with zero attached hydrogens (tertiary/aromatic N) is 3. The van der Waals surface area contributed by atoms with Crippen LogP contribution in [0.25, 0.3) is 0 Å². The van der Waals surface area contributed by atoms with E-state index in [1.165, 1.54) is 32.1 Å². The van der Waals surface area contributed by atoms with E-state index < -0.39 is 0 Å². The Kier molecular flexibility index (Phi) is 5.05. The third-order valence-corrected chi connectivity index (χ3v) is 3.37. The van der Waals surface area contributed by atoms with Crippen LogP contribution in [0.3, 0.4) is 0 Å². The monoisotopic (exact) mass is 249 g/mol. The summed E-state index contributed by atoms with van der Waals surface area (Å²) in [4.78, 5) is 8.37. The van der Waals surface area contributed by atoms with Crippen LogP contribution < -0.4 is 11.1 Å². The molecule has 1 heterocycles. The van der Waals surface area contributed by atoms with Crippen molar-refractivity contribution in [2.75, 3.05) is 6.54 Å². The Labute approximate surface area is 108 Å². The number of guanidine groups is 1. The minimum atomic E-state index is 0.538. The summed E-state index contributed by atoms with van der Waals surface area (Å²) in [6.07, 6.45) is 13.0. The van der Waals surface area contributed by atoms with Gasteiger partial charge >= 0.3 is 0 Å². The molecule has 0 unspecified atom stereocenters. The van der Waals surface area contributed by atoms with Gasteiger partial charge in [0.1, 0.15) is 0 Å². The Balaban J connectivity index is 1.62. The highest BCUT2D eigenvalue weighted by atomic mass is 15.1. The molecule has 0 amide bonds. The second kappa shape index (κ2) is 7.03. The van der Waals surface area contributed by atoms with Crippen LogP contribution in [0.15, 0.2) is 23.7 Å². The lowest BCUT2D eigenvalue weighted by atomic mass is 9.96. The normalized spacial score (nSPS) is 17.9. The highest BCUT2D eigenvalue weighted by molar-refractivity contribution is 5.78. The largest absolute Gasteiger partial charge is 0.370 e. The Morgan fingerprint density at radius 1 is 1.39 bits per heavy atom. The zero-order valence-corrected chi connectivity index (χ0v) is 10.9. The molecule has 3 N–H and O–H groups in total. The summed E-state index contributed by atoms with van der Waals surface area (Å²) in [6, 6.07) is 0.538. The second-order valence-corrected chi connectivity index (χ2v) is 4.90. The molecule has 0 radical (unpaired) electrons. The van der Waals surface area contributed by atoms with Crippen molar-refractivity contribution < 1.29 is 0 Å². The lowest BCUT2D eigenvalue weighted by molar-refractivity contribution is 0.412. The lowest BCUT2D eigenvalue weighted by Gasteiger charge is -2.23. The van der Waals surface area contributed by atoms with Crippen molar-refractivity contribution in [3.8, 4) is 0 Å². The van der Waals surface area contributed by atoms with E-state index >= 15 is 0 Å². The molecule has 2 rings (SSSR count). The van der Waals surface area contributed by atoms with Gasteiger partial charge in [-0.05, 0) is 19.3 Å². The molecule has 0 aromatic carbocycles. The topological polar surface area (TPSA) is 68.2 Å². The van der Waals surface area contributed by atoms with Crippen molar-refractivity contribution in [3.05, 3.63) is 18.7 Å². The first kappa shape index (κ1) is 12.9. The van der Waals surface area contributed by atoms with Crippen LogP contribution in [0.1, 0.15) is 38.5 Å². The number of aliphatic imine (C=N–C) groups is 1. The van der Waals surface area contributed by atoms with Gasteiger partial charge in [0.2, 0.25) is 0 Å². The van der Waals surface area contributed by atoms with Crippen molar-refractivity contribution >= 4 is 5.96 Å². The number of imidazole rings is 1. The van der Waals surface area contributed by atoms with Crippen molar-refractivity contribution in [1.29, 1.82) is 0 Å². The molecule has 0 saturated heterocycles. The summed E-state index contributed by atoms with van der Waals surface area (Å²) in [6.45, 7) is 1.71. The van der Waals surface area contributed by atoms with Crippen LogP contribution >= 0.6 is 0 Å². The Bertz CT molecular complexity index is 351. The molecule has 1 aliphatic rings. The predicted octanol–water partition coefficient (Wildman–Crippen LogP) is 1.51. The Morgan fingerprint density at radius 2 is 2.22 bits per heavy atom. The highest BCUT2D eigenvalue weighted by Crippen LogP contribution is 2.16. The SMILES string of the molecule is NC(=NCCCn1ccnc1)NC1CCCCC1. The third-order valence-electron chi connectivity index (χ3n) is 3.37. The molecule has 1 aliphatic carbocycles. The maximum absolute atomic E-state index is 5.88. The molecule has 5 heteroatoms. The van der Waals surface area contributed by atoms with Crippen molar-refractivity contribution in [1.82, 2.24) is 14.9 Å². The molecule has 18 heavy (non-hydrogen) atoms. The van der Waals surface area contributed by atoms with E-state index in [0.29, 0.717) is 12.0 Å². The van der Waals surface area contributed by atoms with Crippen LogP contribution in [0.4, 0.5) is 0 Å². The minimum Gasteiger partial charge on any atom is -0.370 e. The van der Waals surface area contributed by atoms with Gasteiger partial charge in [0.15, 0.2) is 5.96 Å². The maximum Gasteiger partial charge on any atom is 0.188 e. The number of hydrogen-bond donors (Lipinski definition) is 2. The van der Waals surface area contributed by atoms with Crippen molar-refractivity contribution in [2.24, 2.45) is 10.7 Å². The summed E-state index contributed by atoms with van der Waals surface area (Å²) in [5, 5.41) is 3.32. The smallest absolute Gasteiger partial charge is 0.188 e. The molecule has 0 bridgehead atoms. The molecule has 0 atom stereocenters. The van der Waals surface area contributed by atoms with Gasteiger partial charge in [0, 0.05) is 31.5 Å². The van der Waals surface area contributed by atoms with E-state index in [0.717, 1.165) is 19.5 Å². The summed E-state index contributed by atoms with van der Waals surface area (Å²) in [5.41, 5.74) is 5.88. The van der Waals surface area contributed by atoms with E-state index in [1.807, 2.05) is 12.5 Å². The van der Waals surface area contributed by atoms with Gasteiger partial charge in [-0.15, -0.1) is 0 Å². The Morgan fingerprint density at radius 3 is 2.94 bits per heavy atom. The zero-order valence-electron chi connectivity index (χ0n) is 10.9. The lowest BCUT2D eigenvalue weighted by Crippen LogP contribution is -2.41. The van der Waals surface area contributed by atoms with Gasteiger partial charge in [-0.3, -0.25) is 4.99 Å². The first-order chi connectivity index (χ1) is 8.84. The zero-order chi connectivity index (χ0) is 12.6. The molecular formula is C13H23N5. The van der Waals surface area contributed by atoms with E-state index in [-0.39, 0.29) is 0 Å². The van der Waals surface area contributed by atoms with Crippen LogP contribution in [0.5, 0.6) is 0 Å². The first-order valence-corrected chi connectivity index (χ1v) is 6.87. The highest BCUT2D eigenvalue weighted by Gasteiger charge is 2.12. The summed E-state index contributed by atoms with van der Waals surface area (Å²) in [5.74, 6) is 0.604. The molecular weight excluding hydrogens is 226 g/mol. The van der Waals surface area contributed by atoms with Gasteiger partial charge < -0.3 is 15.6 Å². The number of aryl methyl sites for hydroxylation is 1. The van der Waals surface area contributed by atoms with Crippen molar-refractivity contribution in [2.45, 2.75) is 51.1 Å². The fraction of sp³-hybridized carbons (Fsp3) is 0.692. The molecule has 100 valence electrons. The van der Waals surface area contributed by atoms with E-state index in [9.17, 15) is 0 Å². The molecule has 1 aromatic rings. The number of aromatic nitrogens is 2. The van der Waals surface area contributed by atoms with Crippen molar-refractivity contribution in [3.63, 3.8) is 0 Å². The summed E-state index contributed by atoms with van der Waals surface area (Å²) < 4.78 is 2.06. The van der Waals surface area contributed by atoms with Gasteiger partial charge in [-0.25, -0.2) is 4.98 Å². The second-order valence-electron chi connectivity index (χ2n) is 4.90. The standard InChI is InChI=1S/C13H23N5/c14-13(17-12-5-2-1-3-6-12)16-7-4-9-18-10-8-15-11-18/h8,10-12H,1-7,9H2,(H3,14,16,17). The first-order valence-electron chi connectivity index (χ1n) is 6.87. The average Bonchev–Trinajstić information content (AvgIpc) is 2.89. The van der Waals surface area contributed by atoms with Gasteiger partial charge in [0.25, 0.3) is 0 Å². The Hall–Kier alpha value is -1.52. The number of nitrogens with one attached hydrogen (secondary N) is 1. The van der Waals surface area contributed by atoms with Crippen LogP contribution in [-0.2, 0) is 6.54 Å². The molecule has 1 saturated carbocycles. The molecule has 5 nitrogen and oxygen atoms in total. The molecule has 1 fully saturated rings. The summed E-state index contributed by atoms with van der Waals surface area (Å²) >= 11 is 0. The summed E-state index contributed by atoms with van der Waals surface area (Å²) in [7, 11) is 0. The van der Waals surface area contributed by atoms with Gasteiger partial charge in [-0.2, -0.15) is 0 Å². The number of hydrogen-bond acceptors (Lipinski definition) is 2. The quantitative estimate of drug-likeness (QED) is 0.472. The molecule has 0 spiro atoms. The van der Waals surface area contributed by atoms with Crippen LogP contribution in [-0.4, -0.2) is 28.1 Å². The van der Waals surface area contributed by atoms with E-state index in [4.69, 9.17) is 5.73 Å². The van der Waals surface area contributed by atoms with E-state index in [2.05, 4.69) is 19.9 Å². The third kappa shape index (κ3) is 4.39. The maximum atomic E-state index is 5.88. The number of nitrogens with two attached hydrogens (primary N) is 1. The van der Waals surface area contributed by atoms with E-state index in [1.54, 1.807) is 6.20 Å². The average molecular weight is 249 g/mol. The van der Waals surface area contributed by atoms with Crippen LogP contribution in [0.2, 0.25) is 0 Å². The van der Waals surface area contributed by atoms with Crippen LogP contribution in [0, 0.1) is 0 Å². The van der Waals surface area contributed by atoms with Gasteiger partial charge in [0.05, 0.1) is 6.33 Å². The fourth-order valence-electron chi connectivity index (χ4n) is 2.37. The fourth-order valence-corrected chi connectivity index (χ4v) is 2.37. The van der Waals surface area contributed by atoms with Gasteiger partial charge in [-0.1, -0.05) is 19.3 Å². The number of rotatable bonds is 5. The minimum absolute atomic E-state index is 0.538. The molecule has 1 aromatic heterocycles.